The number of hydrogen-bond donors (Lipinski definition) is 2. The third kappa shape index (κ3) is 2.10. The van der Waals surface area contributed by atoms with Gasteiger partial charge in [-0.05, 0) is 27.2 Å². The van der Waals surface area contributed by atoms with Gasteiger partial charge >= 0.3 is 0 Å². The standard InChI is InChI=1S/C9H19NO3S/c1-9(2,3)14(12,13)8-4-7(6-11)10-5-8/h7-8,10-11H,4-6H2,1-3H3. The summed E-state index contributed by atoms with van der Waals surface area (Å²) in [5, 5.41) is 11.6. The van der Waals surface area contributed by atoms with E-state index in [2.05, 4.69) is 5.32 Å². The molecule has 1 fully saturated rings. The van der Waals surface area contributed by atoms with E-state index in [1.54, 1.807) is 20.8 Å². The molecule has 84 valence electrons. The molecule has 0 bridgehead atoms. The molecule has 2 N–H and O–H groups in total. The molecule has 4 nitrogen and oxygen atoms in total. The quantitative estimate of drug-likeness (QED) is 0.684. The van der Waals surface area contributed by atoms with Crippen LogP contribution in [-0.4, -0.2) is 42.7 Å². The summed E-state index contributed by atoms with van der Waals surface area (Å²) >= 11 is 0. The fraction of sp³-hybridized carbons (Fsp3) is 1.00. The first-order valence-corrected chi connectivity index (χ1v) is 6.41. The predicted octanol–water partition coefficient (Wildman–Crippen LogP) is -0.0775. The van der Waals surface area contributed by atoms with Crippen LogP contribution < -0.4 is 5.32 Å². The van der Waals surface area contributed by atoms with Crippen LogP contribution in [0.1, 0.15) is 27.2 Å². The van der Waals surface area contributed by atoms with Gasteiger partial charge in [-0.1, -0.05) is 0 Å². The van der Waals surface area contributed by atoms with Crippen LogP contribution in [0.5, 0.6) is 0 Å². The Bertz CT molecular complexity index is 292. The van der Waals surface area contributed by atoms with E-state index in [9.17, 15) is 8.42 Å². The zero-order chi connectivity index (χ0) is 11.0. The molecule has 1 rings (SSSR count). The lowest BCUT2D eigenvalue weighted by atomic mass is 10.2. The maximum absolute atomic E-state index is 12.0. The van der Waals surface area contributed by atoms with Crippen molar-refractivity contribution in [2.75, 3.05) is 13.2 Å². The van der Waals surface area contributed by atoms with Crippen molar-refractivity contribution in [2.45, 2.75) is 43.2 Å². The number of nitrogens with one attached hydrogen (secondary N) is 1. The van der Waals surface area contributed by atoms with Crippen molar-refractivity contribution in [3.63, 3.8) is 0 Å². The van der Waals surface area contributed by atoms with E-state index in [0.717, 1.165) is 0 Å². The van der Waals surface area contributed by atoms with Gasteiger partial charge < -0.3 is 10.4 Å². The van der Waals surface area contributed by atoms with Gasteiger partial charge in [-0.3, -0.25) is 0 Å². The van der Waals surface area contributed by atoms with Gasteiger partial charge in [-0.25, -0.2) is 8.42 Å². The van der Waals surface area contributed by atoms with Crippen molar-refractivity contribution in [1.29, 1.82) is 0 Å². The third-order valence-corrected chi connectivity index (χ3v) is 5.64. The first-order chi connectivity index (χ1) is 6.29. The van der Waals surface area contributed by atoms with E-state index in [4.69, 9.17) is 5.11 Å². The summed E-state index contributed by atoms with van der Waals surface area (Å²) in [6.07, 6.45) is 0.524. The largest absolute Gasteiger partial charge is 0.395 e. The fourth-order valence-corrected chi connectivity index (χ4v) is 3.46. The van der Waals surface area contributed by atoms with Gasteiger partial charge in [-0.2, -0.15) is 0 Å². The van der Waals surface area contributed by atoms with Gasteiger partial charge in [0.15, 0.2) is 9.84 Å². The molecule has 0 radical (unpaired) electrons. The molecule has 0 spiro atoms. The van der Waals surface area contributed by atoms with Crippen LogP contribution in [-0.2, 0) is 9.84 Å². The zero-order valence-corrected chi connectivity index (χ0v) is 9.76. The molecule has 2 unspecified atom stereocenters. The van der Waals surface area contributed by atoms with E-state index in [0.29, 0.717) is 13.0 Å². The van der Waals surface area contributed by atoms with Gasteiger partial charge in [0.2, 0.25) is 0 Å². The number of hydrogen-bond acceptors (Lipinski definition) is 4. The molecule has 0 aliphatic carbocycles. The second-order valence-corrected chi connectivity index (χ2v) is 7.78. The van der Waals surface area contributed by atoms with E-state index in [1.807, 2.05) is 0 Å². The van der Waals surface area contributed by atoms with E-state index in [-0.39, 0.29) is 17.9 Å². The average Bonchev–Trinajstić information content (AvgIpc) is 2.49. The van der Waals surface area contributed by atoms with Gasteiger partial charge in [0.05, 0.1) is 16.6 Å². The minimum Gasteiger partial charge on any atom is -0.395 e. The van der Waals surface area contributed by atoms with Crippen LogP contribution in [0.2, 0.25) is 0 Å². The summed E-state index contributed by atoms with van der Waals surface area (Å²) in [4.78, 5) is 0. The van der Waals surface area contributed by atoms with Crippen LogP contribution in [0.4, 0.5) is 0 Å². The lowest BCUT2D eigenvalue weighted by Crippen LogP contribution is -2.38. The second-order valence-electron chi connectivity index (χ2n) is 4.80. The highest BCUT2D eigenvalue weighted by atomic mass is 32.2. The zero-order valence-electron chi connectivity index (χ0n) is 8.95. The molecule has 0 aromatic heterocycles. The molecular formula is C9H19NO3S. The molecule has 0 amide bonds. The summed E-state index contributed by atoms with van der Waals surface area (Å²) in [7, 11) is -3.09. The van der Waals surface area contributed by atoms with Gasteiger partial charge in [0.1, 0.15) is 0 Å². The Labute approximate surface area is 85.6 Å². The van der Waals surface area contributed by atoms with Gasteiger partial charge in [0, 0.05) is 12.6 Å². The van der Waals surface area contributed by atoms with E-state index < -0.39 is 14.6 Å². The van der Waals surface area contributed by atoms with Gasteiger partial charge in [-0.15, -0.1) is 0 Å². The molecule has 2 atom stereocenters. The monoisotopic (exact) mass is 221 g/mol. The lowest BCUT2D eigenvalue weighted by molar-refractivity contribution is 0.255. The minimum atomic E-state index is -3.09. The van der Waals surface area contributed by atoms with E-state index >= 15 is 0 Å². The molecule has 1 saturated heterocycles. The Kier molecular flexibility index (Phi) is 3.23. The number of rotatable bonds is 2. The maximum atomic E-state index is 12.0. The highest BCUT2D eigenvalue weighted by molar-refractivity contribution is 7.93. The van der Waals surface area contributed by atoms with Crippen molar-refractivity contribution in [3.8, 4) is 0 Å². The molecule has 1 heterocycles. The first-order valence-electron chi connectivity index (χ1n) is 4.86. The topological polar surface area (TPSA) is 66.4 Å². The minimum absolute atomic E-state index is 0.0101. The third-order valence-electron chi connectivity index (χ3n) is 2.69. The lowest BCUT2D eigenvalue weighted by Gasteiger charge is -2.23. The Morgan fingerprint density at radius 1 is 1.43 bits per heavy atom. The highest BCUT2D eigenvalue weighted by Crippen LogP contribution is 2.25. The van der Waals surface area contributed by atoms with Crippen molar-refractivity contribution in [1.82, 2.24) is 5.32 Å². The summed E-state index contributed by atoms with van der Waals surface area (Å²) in [6.45, 7) is 5.62. The van der Waals surface area contributed by atoms with Gasteiger partial charge in [0.25, 0.3) is 0 Å². The highest BCUT2D eigenvalue weighted by Gasteiger charge is 2.40. The number of aliphatic hydroxyl groups excluding tert-OH is 1. The van der Waals surface area contributed by atoms with Crippen LogP contribution in [0.25, 0.3) is 0 Å². The second kappa shape index (κ2) is 3.79. The van der Waals surface area contributed by atoms with E-state index in [1.165, 1.54) is 0 Å². The maximum Gasteiger partial charge on any atom is 0.159 e. The summed E-state index contributed by atoms with van der Waals surface area (Å²) in [6, 6.07) is -0.0582. The smallest absolute Gasteiger partial charge is 0.159 e. The summed E-state index contributed by atoms with van der Waals surface area (Å²) in [5.41, 5.74) is 0. The molecule has 1 aliphatic rings. The molecule has 5 heteroatoms. The van der Waals surface area contributed by atoms with Crippen LogP contribution in [0.15, 0.2) is 0 Å². The molecule has 1 aliphatic heterocycles. The fourth-order valence-electron chi connectivity index (χ4n) is 1.66. The number of sulfone groups is 1. The molecule has 0 aromatic rings. The van der Waals surface area contributed by atoms with Crippen molar-refractivity contribution in [2.24, 2.45) is 0 Å². The Morgan fingerprint density at radius 3 is 2.36 bits per heavy atom. The van der Waals surface area contributed by atoms with Crippen LogP contribution >= 0.6 is 0 Å². The Balaban J connectivity index is 2.77. The first kappa shape index (κ1) is 11.9. The van der Waals surface area contributed by atoms with Crippen LogP contribution in [0, 0.1) is 0 Å². The van der Waals surface area contributed by atoms with Crippen molar-refractivity contribution < 1.29 is 13.5 Å². The molecule has 0 saturated carbocycles. The number of aliphatic hydroxyl groups is 1. The SMILES string of the molecule is CC(C)(C)S(=O)(=O)C1CNC(CO)C1. The Hall–Kier alpha value is -0.130. The molecule has 0 aromatic carbocycles. The summed E-state index contributed by atoms with van der Waals surface area (Å²) in [5.74, 6) is 0. The normalized spacial score (nSPS) is 29.4. The van der Waals surface area contributed by atoms with Crippen molar-refractivity contribution >= 4 is 9.84 Å². The Morgan fingerprint density at radius 2 is 2.00 bits per heavy atom. The summed E-state index contributed by atoms with van der Waals surface area (Å²) < 4.78 is 23.3. The van der Waals surface area contributed by atoms with Crippen molar-refractivity contribution in [3.05, 3.63) is 0 Å². The predicted molar refractivity (Wildman–Crippen MR) is 56.0 cm³/mol. The average molecular weight is 221 g/mol. The molecule has 14 heavy (non-hydrogen) atoms. The molecular weight excluding hydrogens is 202 g/mol. The van der Waals surface area contributed by atoms with Crippen LogP contribution in [0.3, 0.4) is 0 Å².